The van der Waals surface area contributed by atoms with Gasteiger partial charge in [0.25, 0.3) is 0 Å². The third-order valence-electron chi connectivity index (χ3n) is 4.41. The first-order valence-corrected chi connectivity index (χ1v) is 9.44. The first kappa shape index (κ1) is 20.2. The van der Waals surface area contributed by atoms with Crippen molar-refractivity contribution < 1.29 is 18.7 Å². The first-order chi connectivity index (χ1) is 13.6. The fourth-order valence-electron chi connectivity index (χ4n) is 3.00. The maximum Gasteiger partial charge on any atom is 0.226 e. The van der Waals surface area contributed by atoms with Crippen molar-refractivity contribution in [2.45, 2.75) is 6.42 Å². The molecule has 2 aromatic carbocycles. The van der Waals surface area contributed by atoms with E-state index in [2.05, 4.69) is 10.6 Å². The molecule has 1 aliphatic rings. The molecule has 1 saturated heterocycles. The average molecular weight is 408 g/mol. The summed E-state index contributed by atoms with van der Waals surface area (Å²) in [5.41, 5.74) is 1.67. The van der Waals surface area contributed by atoms with Crippen molar-refractivity contribution in [3.8, 4) is 5.75 Å². The van der Waals surface area contributed by atoms with Crippen LogP contribution in [0.2, 0.25) is 5.02 Å². The van der Waals surface area contributed by atoms with Crippen molar-refractivity contribution in [2.75, 3.05) is 55.5 Å². The van der Waals surface area contributed by atoms with E-state index in [9.17, 15) is 9.18 Å². The molecule has 6 nitrogen and oxygen atoms in total. The molecular weight excluding hydrogens is 385 g/mol. The smallest absolute Gasteiger partial charge is 0.226 e. The lowest BCUT2D eigenvalue weighted by Gasteiger charge is -2.29. The number of anilines is 3. The molecule has 0 unspecified atom stereocenters. The normalized spacial score (nSPS) is 13.9. The molecule has 1 heterocycles. The minimum atomic E-state index is -0.360. The largest absolute Gasteiger partial charge is 0.495 e. The molecular formula is C20H23ClFN3O3. The number of hydrogen-bond donors (Lipinski definition) is 2. The molecule has 0 bridgehead atoms. The molecule has 1 fully saturated rings. The van der Waals surface area contributed by atoms with Crippen molar-refractivity contribution >= 4 is 34.6 Å². The highest BCUT2D eigenvalue weighted by molar-refractivity contribution is 6.30. The van der Waals surface area contributed by atoms with Gasteiger partial charge in [0.2, 0.25) is 5.91 Å². The van der Waals surface area contributed by atoms with Gasteiger partial charge in [-0.25, -0.2) is 4.39 Å². The lowest BCUT2D eigenvalue weighted by molar-refractivity contribution is -0.115. The molecule has 1 aliphatic heterocycles. The Morgan fingerprint density at radius 2 is 2.04 bits per heavy atom. The van der Waals surface area contributed by atoms with Gasteiger partial charge < -0.3 is 25.0 Å². The number of amides is 1. The van der Waals surface area contributed by atoms with Gasteiger partial charge in [-0.1, -0.05) is 11.6 Å². The van der Waals surface area contributed by atoms with Crippen LogP contribution in [0.4, 0.5) is 21.5 Å². The van der Waals surface area contributed by atoms with Crippen LogP contribution in [-0.2, 0) is 9.53 Å². The predicted molar refractivity (Wildman–Crippen MR) is 109 cm³/mol. The molecule has 0 atom stereocenters. The highest BCUT2D eigenvalue weighted by Crippen LogP contribution is 2.27. The molecule has 1 amide bonds. The van der Waals surface area contributed by atoms with E-state index in [4.69, 9.17) is 21.1 Å². The molecule has 0 saturated carbocycles. The molecule has 0 radical (unpaired) electrons. The van der Waals surface area contributed by atoms with Gasteiger partial charge in [0.1, 0.15) is 11.6 Å². The van der Waals surface area contributed by atoms with Gasteiger partial charge in [0.05, 0.1) is 31.7 Å². The van der Waals surface area contributed by atoms with Crippen molar-refractivity contribution in [3.63, 3.8) is 0 Å². The fourth-order valence-corrected chi connectivity index (χ4v) is 3.17. The zero-order valence-electron chi connectivity index (χ0n) is 15.6. The molecule has 0 aliphatic carbocycles. The quantitative estimate of drug-likeness (QED) is 0.731. The van der Waals surface area contributed by atoms with Crippen molar-refractivity contribution in [1.29, 1.82) is 0 Å². The number of benzene rings is 2. The average Bonchev–Trinajstić information content (AvgIpc) is 2.69. The van der Waals surface area contributed by atoms with E-state index in [0.29, 0.717) is 60.7 Å². The number of methoxy groups -OCH3 is 1. The second-order valence-electron chi connectivity index (χ2n) is 6.34. The van der Waals surface area contributed by atoms with E-state index in [0.717, 1.165) is 0 Å². The SMILES string of the molecule is COc1ccc(Cl)cc1NCCC(=O)Nc1ccc(N2CCOCC2)c(F)c1. The van der Waals surface area contributed by atoms with Crippen LogP contribution in [0.3, 0.4) is 0 Å². The summed E-state index contributed by atoms with van der Waals surface area (Å²) in [6, 6.07) is 9.95. The second kappa shape index (κ2) is 9.61. The zero-order valence-corrected chi connectivity index (χ0v) is 16.4. The number of halogens is 2. The van der Waals surface area contributed by atoms with Crippen LogP contribution in [-0.4, -0.2) is 45.9 Å². The summed E-state index contributed by atoms with van der Waals surface area (Å²) in [5.74, 6) is 0.0686. The van der Waals surface area contributed by atoms with Crippen molar-refractivity contribution in [3.05, 3.63) is 47.2 Å². The van der Waals surface area contributed by atoms with E-state index in [1.165, 1.54) is 6.07 Å². The highest BCUT2D eigenvalue weighted by atomic mass is 35.5. The standard InChI is InChI=1S/C20H23ClFN3O3/c1-27-19-5-2-14(21)12-17(19)23-7-6-20(26)24-15-3-4-18(16(22)13-15)25-8-10-28-11-9-25/h2-5,12-13,23H,6-11H2,1H3,(H,24,26). The summed E-state index contributed by atoms with van der Waals surface area (Å²) in [5, 5.41) is 6.41. The Morgan fingerprint density at radius 3 is 2.75 bits per heavy atom. The summed E-state index contributed by atoms with van der Waals surface area (Å²) in [6.07, 6.45) is 0.211. The Balaban J connectivity index is 1.52. The van der Waals surface area contributed by atoms with Crippen molar-refractivity contribution in [1.82, 2.24) is 0 Å². The Morgan fingerprint density at radius 1 is 1.25 bits per heavy atom. The molecule has 3 rings (SSSR count). The van der Waals surface area contributed by atoms with Crippen LogP contribution in [0.5, 0.6) is 5.75 Å². The minimum absolute atomic E-state index is 0.211. The van der Waals surface area contributed by atoms with Crippen LogP contribution < -0.4 is 20.3 Å². The third kappa shape index (κ3) is 5.27. The number of nitrogens with zero attached hydrogens (tertiary/aromatic N) is 1. The van der Waals surface area contributed by atoms with Gasteiger partial charge in [-0.3, -0.25) is 4.79 Å². The number of morpholine rings is 1. The van der Waals surface area contributed by atoms with Crippen molar-refractivity contribution in [2.24, 2.45) is 0 Å². The van der Waals surface area contributed by atoms with Crippen LogP contribution in [0.1, 0.15) is 6.42 Å². The van der Waals surface area contributed by atoms with Gasteiger partial charge in [-0.15, -0.1) is 0 Å². The Hall–Kier alpha value is -2.51. The molecule has 0 spiro atoms. The second-order valence-corrected chi connectivity index (χ2v) is 6.77. The topological polar surface area (TPSA) is 62.8 Å². The van der Waals surface area contributed by atoms with Gasteiger partial charge in [-0.2, -0.15) is 0 Å². The lowest BCUT2D eigenvalue weighted by Crippen LogP contribution is -2.36. The number of rotatable bonds is 7. The number of hydrogen-bond acceptors (Lipinski definition) is 5. The third-order valence-corrected chi connectivity index (χ3v) is 4.65. The van der Waals surface area contributed by atoms with Crippen LogP contribution in [0, 0.1) is 5.82 Å². The van der Waals surface area contributed by atoms with Gasteiger partial charge in [0, 0.05) is 36.8 Å². The van der Waals surface area contributed by atoms with E-state index in [-0.39, 0.29) is 18.1 Å². The molecule has 150 valence electrons. The molecule has 28 heavy (non-hydrogen) atoms. The van der Waals surface area contributed by atoms with Crippen LogP contribution >= 0.6 is 11.6 Å². The number of carbonyl (C=O) groups is 1. The monoisotopic (exact) mass is 407 g/mol. The Kier molecular flexibility index (Phi) is 6.95. The Labute approximate surface area is 168 Å². The first-order valence-electron chi connectivity index (χ1n) is 9.06. The van der Waals surface area contributed by atoms with Gasteiger partial charge >= 0.3 is 0 Å². The van der Waals surface area contributed by atoms with E-state index in [1.807, 2.05) is 4.90 Å². The van der Waals surface area contributed by atoms with Gasteiger partial charge in [0.15, 0.2) is 0 Å². The fraction of sp³-hybridized carbons (Fsp3) is 0.350. The maximum absolute atomic E-state index is 14.4. The van der Waals surface area contributed by atoms with Crippen LogP contribution in [0.25, 0.3) is 0 Å². The van der Waals surface area contributed by atoms with Crippen LogP contribution in [0.15, 0.2) is 36.4 Å². The summed E-state index contributed by atoms with van der Waals surface area (Å²) in [6.45, 7) is 2.87. The lowest BCUT2D eigenvalue weighted by atomic mass is 10.2. The molecule has 2 N–H and O–H groups in total. The van der Waals surface area contributed by atoms with E-state index < -0.39 is 0 Å². The number of carbonyl (C=O) groups excluding carboxylic acids is 1. The predicted octanol–water partition coefficient (Wildman–Crippen LogP) is 3.77. The summed E-state index contributed by atoms with van der Waals surface area (Å²) in [7, 11) is 1.57. The molecule has 2 aromatic rings. The highest BCUT2D eigenvalue weighted by Gasteiger charge is 2.15. The summed E-state index contributed by atoms with van der Waals surface area (Å²) >= 11 is 5.99. The maximum atomic E-state index is 14.4. The summed E-state index contributed by atoms with van der Waals surface area (Å²) < 4.78 is 24.9. The molecule has 8 heteroatoms. The van der Waals surface area contributed by atoms with E-state index in [1.54, 1.807) is 37.4 Å². The Bertz CT molecular complexity index is 828. The summed E-state index contributed by atoms with van der Waals surface area (Å²) in [4.78, 5) is 14.1. The van der Waals surface area contributed by atoms with E-state index >= 15 is 0 Å². The van der Waals surface area contributed by atoms with Gasteiger partial charge in [-0.05, 0) is 36.4 Å². The zero-order chi connectivity index (χ0) is 19.9. The number of nitrogens with one attached hydrogen (secondary N) is 2. The molecule has 0 aromatic heterocycles. The minimum Gasteiger partial charge on any atom is -0.495 e. The number of ether oxygens (including phenoxy) is 2.